The van der Waals surface area contributed by atoms with E-state index in [2.05, 4.69) is 0 Å². The third-order valence-electron chi connectivity index (χ3n) is 2.56. The molecule has 0 fully saturated rings. The Kier molecular flexibility index (Phi) is 5.12. The maximum absolute atomic E-state index is 5.60. The summed E-state index contributed by atoms with van der Waals surface area (Å²) in [5, 5.41) is 0. The molecule has 0 bridgehead atoms. The molecule has 0 atom stereocenters. The molecule has 2 heteroatoms. The Morgan fingerprint density at radius 2 is 0.944 bits per heavy atom. The standard InChI is InChI=1S/C16H18O2/c1-3-9-15(10-4-1)17-13-7-8-14-18-16-11-5-2-6-12-16/h1-6,9-12H,7-8,13-14H2. The highest BCUT2D eigenvalue weighted by molar-refractivity contribution is 5.21. The molecule has 0 aliphatic heterocycles. The van der Waals surface area contributed by atoms with Crippen LogP contribution in [0.2, 0.25) is 0 Å². The highest BCUT2D eigenvalue weighted by Gasteiger charge is 1.94. The highest BCUT2D eigenvalue weighted by atomic mass is 16.5. The Balaban J connectivity index is 1.54. The summed E-state index contributed by atoms with van der Waals surface area (Å²) in [7, 11) is 0. The van der Waals surface area contributed by atoms with Gasteiger partial charge in [0.15, 0.2) is 0 Å². The van der Waals surface area contributed by atoms with Crippen LogP contribution in [0.25, 0.3) is 0 Å². The van der Waals surface area contributed by atoms with Crippen molar-refractivity contribution in [1.29, 1.82) is 0 Å². The number of rotatable bonds is 7. The monoisotopic (exact) mass is 242 g/mol. The largest absolute Gasteiger partial charge is 0.494 e. The molecular formula is C16H18O2. The van der Waals surface area contributed by atoms with E-state index in [1.807, 2.05) is 60.7 Å². The van der Waals surface area contributed by atoms with Gasteiger partial charge in [0, 0.05) is 0 Å². The van der Waals surface area contributed by atoms with E-state index in [0.717, 1.165) is 37.6 Å². The molecule has 2 rings (SSSR count). The second-order valence-corrected chi connectivity index (χ2v) is 4.03. The van der Waals surface area contributed by atoms with Crippen LogP contribution >= 0.6 is 0 Å². The fraction of sp³-hybridized carbons (Fsp3) is 0.250. The number of ether oxygens (including phenoxy) is 2. The van der Waals surface area contributed by atoms with Gasteiger partial charge in [-0.25, -0.2) is 0 Å². The number of benzene rings is 2. The van der Waals surface area contributed by atoms with Gasteiger partial charge in [-0.3, -0.25) is 0 Å². The van der Waals surface area contributed by atoms with E-state index in [-0.39, 0.29) is 0 Å². The molecule has 0 saturated heterocycles. The summed E-state index contributed by atoms with van der Waals surface area (Å²) in [4.78, 5) is 0. The van der Waals surface area contributed by atoms with Crippen LogP contribution in [0, 0.1) is 0 Å². The summed E-state index contributed by atoms with van der Waals surface area (Å²) in [6.45, 7) is 1.48. The topological polar surface area (TPSA) is 18.5 Å². The SMILES string of the molecule is c1ccc(OCCCCOc2ccccc2)cc1. The predicted molar refractivity (Wildman–Crippen MR) is 73.1 cm³/mol. The molecule has 2 aromatic rings. The van der Waals surface area contributed by atoms with Crippen molar-refractivity contribution in [3.63, 3.8) is 0 Å². The minimum Gasteiger partial charge on any atom is -0.494 e. The summed E-state index contributed by atoms with van der Waals surface area (Å²) >= 11 is 0. The molecule has 0 N–H and O–H groups in total. The van der Waals surface area contributed by atoms with E-state index >= 15 is 0 Å². The van der Waals surface area contributed by atoms with Crippen LogP contribution in [0.1, 0.15) is 12.8 Å². The van der Waals surface area contributed by atoms with Gasteiger partial charge < -0.3 is 9.47 Å². The Labute approximate surface area is 108 Å². The molecule has 0 unspecified atom stereocenters. The minimum atomic E-state index is 0.738. The van der Waals surface area contributed by atoms with Crippen molar-refractivity contribution in [2.24, 2.45) is 0 Å². The maximum Gasteiger partial charge on any atom is 0.119 e. The molecule has 0 saturated carbocycles. The summed E-state index contributed by atoms with van der Waals surface area (Å²) < 4.78 is 11.2. The van der Waals surface area contributed by atoms with Crippen LogP contribution in [0.15, 0.2) is 60.7 Å². The van der Waals surface area contributed by atoms with Crippen LogP contribution in [0.3, 0.4) is 0 Å². The second-order valence-electron chi connectivity index (χ2n) is 4.03. The molecule has 18 heavy (non-hydrogen) atoms. The summed E-state index contributed by atoms with van der Waals surface area (Å²) in [6.07, 6.45) is 2.00. The fourth-order valence-electron chi connectivity index (χ4n) is 1.62. The first kappa shape index (κ1) is 12.5. The molecule has 0 spiro atoms. The Morgan fingerprint density at radius 1 is 0.556 bits per heavy atom. The molecular weight excluding hydrogens is 224 g/mol. The molecule has 0 amide bonds. The molecule has 0 heterocycles. The normalized spacial score (nSPS) is 10.0. The van der Waals surface area contributed by atoms with Crippen molar-refractivity contribution in [3.8, 4) is 11.5 Å². The molecule has 0 radical (unpaired) electrons. The van der Waals surface area contributed by atoms with E-state index in [1.165, 1.54) is 0 Å². The van der Waals surface area contributed by atoms with Crippen LogP contribution < -0.4 is 9.47 Å². The smallest absolute Gasteiger partial charge is 0.119 e. The Morgan fingerprint density at radius 3 is 1.33 bits per heavy atom. The predicted octanol–water partition coefficient (Wildman–Crippen LogP) is 3.92. The lowest BCUT2D eigenvalue weighted by atomic mass is 10.3. The first-order chi connectivity index (χ1) is 8.95. The average Bonchev–Trinajstić information content (AvgIpc) is 2.45. The van der Waals surface area contributed by atoms with Gasteiger partial charge in [-0.1, -0.05) is 36.4 Å². The zero-order valence-corrected chi connectivity index (χ0v) is 10.4. The van der Waals surface area contributed by atoms with E-state index in [4.69, 9.17) is 9.47 Å². The van der Waals surface area contributed by atoms with E-state index in [1.54, 1.807) is 0 Å². The Hall–Kier alpha value is -1.96. The van der Waals surface area contributed by atoms with Crippen LogP contribution in [0.5, 0.6) is 11.5 Å². The molecule has 0 aliphatic carbocycles. The lowest BCUT2D eigenvalue weighted by Gasteiger charge is -2.07. The first-order valence-electron chi connectivity index (χ1n) is 6.31. The Bertz CT molecular complexity index is 382. The van der Waals surface area contributed by atoms with Gasteiger partial charge in [-0.2, -0.15) is 0 Å². The number of para-hydroxylation sites is 2. The van der Waals surface area contributed by atoms with Gasteiger partial charge in [0.1, 0.15) is 11.5 Å². The van der Waals surface area contributed by atoms with Crippen molar-refractivity contribution >= 4 is 0 Å². The average molecular weight is 242 g/mol. The van der Waals surface area contributed by atoms with Gasteiger partial charge in [0.05, 0.1) is 13.2 Å². The molecule has 2 aromatic carbocycles. The molecule has 2 nitrogen and oxygen atoms in total. The quantitative estimate of drug-likeness (QED) is 0.685. The summed E-state index contributed by atoms with van der Waals surface area (Å²) in [5.74, 6) is 1.86. The third-order valence-corrected chi connectivity index (χ3v) is 2.56. The van der Waals surface area contributed by atoms with Crippen molar-refractivity contribution in [2.45, 2.75) is 12.8 Å². The molecule has 0 aliphatic rings. The number of unbranched alkanes of at least 4 members (excludes halogenated alkanes) is 1. The van der Waals surface area contributed by atoms with E-state index in [0.29, 0.717) is 0 Å². The third kappa shape index (κ3) is 4.50. The fourth-order valence-corrected chi connectivity index (χ4v) is 1.62. The second kappa shape index (κ2) is 7.38. The van der Waals surface area contributed by atoms with Crippen molar-refractivity contribution < 1.29 is 9.47 Å². The van der Waals surface area contributed by atoms with E-state index < -0.39 is 0 Å². The zero-order valence-electron chi connectivity index (χ0n) is 10.4. The van der Waals surface area contributed by atoms with Crippen LogP contribution in [0.4, 0.5) is 0 Å². The van der Waals surface area contributed by atoms with E-state index in [9.17, 15) is 0 Å². The summed E-state index contributed by atoms with van der Waals surface area (Å²) in [6, 6.07) is 19.8. The molecule has 0 aromatic heterocycles. The summed E-state index contributed by atoms with van der Waals surface area (Å²) in [5.41, 5.74) is 0. The van der Waals surface area contributed by atoms with Gasteiger partial charge in [0.2, 0.25) is 0 Å². The zero-order chi connectivity index (χ0) is 12.5. The highest BCUT2D eigenvalue weighted by Crippen LogP contribution is 2.10. The first-order valence-corrected chi connectivity index (χ1v) is 6.31. The lowest BCUT2D eigenvalue weighted by molar-refractivity contribution is 0.266. The maximum atomic E-state index is 5.60. The van der Waals surface area contributed by atoms with Crippen molar-refractivity contribution in [1.82, 2.24) is 0 Å². The lowest BCUT2D eigenvalue weighted by Crippen LogP contribution is -2.02. The van der Waals surface area contributed by atoms with Gasteiger partial charge in [-0.05, 0) is 37.1 Å². The number of hydrogen-bond donors (Lipinski definition) is 0. The number of hydrogen-bond acceptors (Lipinski definition) is 2. The molecule has 94 valence electrons. The van der Waals surface area contributed by atoms with Gasteiger partial charge >= 0.3 is 0 Å². The van der Waals surface area contributed by atoms with Crippen LogP contribution in [-0.4, -0.2) is 13.2 Å². The van der Waals surface area contributed by atoms with Gasteiger partial charge in [0.25, 0.3) is 0 Å². The van der Waals surface area contributed by atoms with Crippen molar-refractivity contribution in [3.05, 3.63) is 60.7 Å². The van der Waals surface area contributed by atoms with Crippen molar-refractivity contribution in [2.75, 3.05) is 13.2 Å². The minimum absolute atomic E-state index is 0.738. The van der Waals surface area contributed by atoms with Crippen LogP contribution in [-0.2, 0) is 0 Å². The van der Waals surface area contributed by atoms with Gasteiger partial charge in [-0.15, -0.1) is 0 Å².